The normalized spacial score (nSPS) is 9.41. The quantitative estimate of drug-likeness (QED) is 0.596. The van der Waals surface area contributed by atoms with E-state index in [1.165, 1.54) is 16.3 Å². The number of imidazole rings is 1. The molecule has 0 amide bonds. The number of hydrogen-bond acceptors (Lipinski definition) is 3. The van der Waals surface area contributed by atoms with Gasteiger partial charge in [-0.1, -0.05) is 24.3 Å². The zero-order valence-corrected chi connectivity index (χ0v) is 9.10. The van der Waals surface area contributed by atoms with Gasteiger partial charge in [0.2, 0.25) is 6.41 Å². The molecule has 0 atom stereocenters. The van der Waals surface area contributed by atoms with Crippen LogP contribution in [-0.4, -0.2) is 20.9 Å². The van der Waals surface area contributed by atoms with Crippen molar-refractivity contribution in [2.45, 2.75) is 0 Å². The maximum atomic E-state index is 9.79. The predicted octanol–water partition coefficient (Wildman–Crippen LogP) is 2.16. The van der Waals surface area contributed by atoms with Gasteiger partial charge in [-0.25, -0.2) is 4.98 Å². The Morgan fingerprint density at radius 1 is 1.06 bits per heavy atom. The van der Waals surface area contributed by atoms with Crippen molar-refractivity contribution >= 4 is 17.3 Å². The lowest BCUT2D eigenvalue weighted by Gasteiger charge is -1.91. The number of para-hydroxylation sites is 1. The highest BCUT2D eigenvalue weighted by atomic mass is 16.1. The average Bonchev–Trinajstić information content (AvgIpc) is 2.93. The molecule has 1 aromatic carbocycles. The molecule has 17 heavy (non-hydrogen) atoms. The molecule has 2 heterocycles. The molecule has 0 radical (unpaired) electrons. The van der Waals surface area contributed by atoms with Gasteiger partial charge in [0.05, 0.1) is 5.52 Å². The van der Waals surface area contributed by atoms with E-state index in [4.69, 9.17) is 0 Å². The minimum atomic E-state index is 0.688. The van der Waals surface area contributed by atoms with Crippen molar-refractivity contribution in [3.63, 3.8) is 0 Å². The van der Waals surface area contributed by atoms with Crippen LogP contribution in [0.25, 0.3) is 10.9 Å². The molecular formula is C13H11N3O. The fraction of sp³-hybridized carbons (Fsp3) is 0. The van der Waals surface area contributed by atoms with Crippen molar-refractivity contribution in [3.8, 4) is 0 Å². The fourth-order valence-electron chi connectivity index (χ4n) is 1.35. The Morgan fingerprint density at radius 3 is 2.53 bits per heavy atom. The van der Waals surface area contributed by atoms with Gasteiger partial charge in [-0.3, -0.25) is 14.3 Å². The predicted molar refractivity (Wildman–Crippen MR) is 66.1 cm³/mol. The van der Waals surface area contributed by atoms with Gasteiger partial charge in [0.1, 0.15) is 6.33 Å². The second kappa shape index (κ2) is 5.55. The Balaban J connectivity index is 0.000000136. The molecule has 84 valence electrons. The molecule has 0 unspecified atom stereocenters. The van der Waals surface area contributed by atoms with Gasteiger partial charge < -0.3 is 0 Å². The van der Waals surface area contributed by atoms with Crippen LogP contribution in [0.5, 0.6) is 0 Å². The second-order valence-corrected chi connectivity index (χ2v) is 3.31. The number of fused-ring (bicyclic) bond motifs is 1. The van der Waals surface area contributed by atoms with Crippen molar-refractivity contribution in [2.75, 3.05) is 0 Å². The number of carbonyl (C=O) groups excluding carboxylic acids is 1. The van der Waals surface area contributed by atoms with Gasteiger partial charge in [-0.05, 0) is 12.1 Å². The number of benzene rings is 1. The van der Waals surface area contributed by atoms with E-state index in [0.29, 0.717) is 6.41 Å². The van der Waals surface area contributed by atoms with Crippen LogP contribution < -0.4 is 0 Å². The number of rotatable bonds is 1. The Morgan fingerprint density at radius 2 is 1.88 bits per heavy atom. The number of aromatic nitrogens is 3. The number of pyridine rings is 1. The van der Waals surface area contributed by atoms with Crippen LogP contribution in [0.3, 0.4) is 0 Å². The smallest absolute Gasteiger partial charge is 0.218 e. The molecule has 0 N–H and O–H groups in total. The van der Waals surface area contributed by atoms with Gasteiger partial charge in [-0.15, -0.1) is 0 Å². The van der Waals surface area contributed by atoms with Crippen LogP contribution in [-0.2, 0) is 4.79 Å². The van der Waals surface area contributed by atoms with Gasteiger partial charge in [0, 0.05) is 24.0 Å². The first-order valence-electron chi connectivity index (χ1n) is 5.12. The SMILES string of the molecule is O=Cn1ccnc1.c1ccc2ncccc2c1. The van der Waals surface area contributed by atoms with Crippen molar-refractivity contribution < 1.29 is 4.79 Å². The van der Waals surface area contributed by atoms with E-state index in [9.17, 15) is 4.79 Å². The van der Waals surface area contributed by atoms with Crippen molar-refractivity contribution in [1.29, 1.82) is 0 Å². The van der Waals surface area contributed by atoms with Gasteiger partial charge >= 0.3 is 0 Å². The molecule has 3 rings (SSSR count). The summed E-state index contributed by atoms with van der Waals surface area (Å²) in [6.45, 7) is 0. The summed E-state index contributed by atoms with van der Waals surface area (Å²) in [6, 6.07) is 12.1. The maximum absolute atomic E-state index is 9.79. The molecule has 0 aliphatic heterocycles. The van der Waals surface area contributed by atoms with E-state index in [1.54, 1.807) is 12.4 Å². The molecule has 0 saturated heterocycles. The summed E-state index contributed by atoms with van der Waals surface area (Å²) < 4.78 is 1.33. The molecule has 0 saturated carbocycles. The van der Waals surface area contributed by atoms with E-state index in [2.05, 4.69) is 22.1 Å². The molecule has 0 spiro atoms. The van der Waals surface area contributed by atoms with Gasteiger partial charge in [-0.2, -0.15) is 0 Å². The third-order valence-electron chi connectivity index (χ3n) is 2.16. The van der Waals surface area contributed by atoms with E-state index in [1.807, 2.05) is 30.5 Å². The Kier molecular flexibility index (Phi) is 3.60. The summed E-state index contributed by atoms with van der Waals surface area (Å²) in [7, 11) is 0. The van der Waals surface area contributed by atoms with Crippen LogP contribution >= 0.6 is 0 Å². The van der Waals surface area contributed by atoms with E-state index < -0.39 is 0 Å². The highest BCUT2D eigenvalue weighted by Crippen LogP contribution is 2.07. The number of carbonyl (C=O) groups is 1. The highest BCUT2D eigenvalue weighted by Gasteiger charge is 1.86. The number of nitrogens with zero attached hydrogens (tertiary/aromatic N) is 3. The third kappa shape index (κ3) is 2.98. The van der Waals surface area contributed by atoms with Crippen LogP contribution in [0.2, 0.25) is 0 Å². The molecule has 0 aliphatic rings. The zero-order chi connectivity index (χ0) is 11.9. The first-order chi connectivity index (χ1) is 8.40. The summed E-state index contributed by atoms with van der Waals surface area (Å²) in [5.41, 5.74) is 1.06. The topological polar surface area (TPSA) is 47.8 Å². The average molecular weight is 225 g/mol. The monoisotopic (exact) mass is 225 g/mol. The van der Waals surface area contributed by atoms with Gasteiger partial charge in [0.15, 0.2) is 0 Å². The Hall–Kier alpha value is -2.49. The third-order valence-corrected chi connectivity index (χ3v) is 2.16. The summed E-state index contributed by atoms with van der Waals surface area (Å²) in [6.07, 6.45) is 7.06. The fourth-order valence-corrected chi connectivity index (χ4v) is 1.35. The zero-order valence-electron chi connectivity index (χ0n) is 9.10. The summed E-state index contributed by atoms with van der Waals surface area (Å²) >= 11 is 0. The minimum Gasteiger partial charge on any atom is -0.279 e. The largest absolute Gasteiger partial charge is 0.279 e. The lowest BCUT2D eigenvalue weighted by molar-refractivity contribution is 0.547. The van der Waals surface area contributed by atoms with E-state index in [-0.39, 0.29) is 0 Å². The Bertz CT molecular complexity index is 525. The summed E-state index contributed by atoms with van der Waals surface area (Å²) in [5, 5.41) is 1.20. The molecule has 3 aromatic rings. The Labute approximate surface area is 98.6 Å². The maximum Gasteiger partial charge on any atom is 0.218 e. The summed E-state index contributed by atoms with van der Waals surface area (Å²) in [5.74, 6) is 0. The first kappa shape index (κ1) is 11.0. The molecule has 0 aliphatic carbocycles. The lowest BCUT2D eigenvalue weighted by atomic mass is 10.2. The van der Waals surface area contributed by atoms with Crippen LogP contribution in [0.15, 0.2) is 61.3 Å². The van der Waals surface area contributed by atoms with Crippen LogP contribution in [0, 0.1) is 0 Å². The van der Waals surface area contributed by atoms with Crippen molar-refractivity contribution in [2.24, 2.45) is 0 Å². The second-order valence-electron chi connectivity index (χ2n) is 3.31. The molecule has 0 bridgehead atoms. The molecule has 4 nitrogen and oxygen atoms in total. The molecule has 4 heteroatoms. The van der Waals surface area contributed by atoms with Crippen molar-refractivity contribution in [1.82, 2.24) is 14.5 Å². The van der Waals surface area contributed by atoms with E-state index in [0.717, 1.165) is 5.52 Å². The standard InChI is InChI=1S/C9H7N.C4H4N2O/c1-2-6-9-8(4-1)5-3-7-10-9;7-4-6-2-1-5-3-6/h1-7H;1-4H. The molecule has 2 aromatic heterocycles. The van der Waals surface area contributed by atoms with Crippen LogP contribution in [0.1, 0.15) is 0 Å². The van der Waals surface area contributed by atoms with Crippen LogP contribution in [0.4, 0.5) is 0 Å². The van der Waals surface area contributed by atoms with Crippen molar-refractivity contribution in [3.05, 3.63) is 61.3 Å². The molecular weight excluding hydrogens is 214 g/mol. The van der Waals surface area contributed by atoms with E-state index >= 15 is 0 Å². The minimum absolute atomic E-state index is 0.688. The first-order valence-corrected chi connectivity index (χ1v) is 5.12. The highest BCUT2D eigenvalue weighted by molar-refractivity contribution is 5.77. The lowest BCUT2D eigenvalue weighted by Crippen LogP contribution is -1.86. The summed E-state index contributed by atoms with van der Waals surface area (Å²) in [4.78, 5) is 17.6. The number of hydrogen-bond donors (Lipinski definition) is 0. The van der Waals surface area contributed by atoms with Gasteiger partial charge in [0.25, 0.3) is 0 Å². The molecule has 0 fully saturated rings.